The highest BCUT2D eigenvalue weighted by molar-refractivity contribution is 6.74. The number of benzene rings is 2. The third-order valence-corrected chi connectivity index (χ3v) is 8.72. The number of nitrogens with zero attached hydrogens (tertiary/aromatic N) is 1. The lowest BCUT2D eigenvalue weighted by atomic mass is 10.2. The third kappa shape index (κ3) is 4.14. The van der Waals surface area contributed by atoms with Gasteiger partial charge in [-0.2, -0.15) is 5.26 Å². The molecule has 0 atom stereocenters. The maximum absolute atomic E-state index is 9.14. The summed E-state index contributed by atoms with van der Waals surface area (Å²) >= 11 is 0. The summed E-state index contributed by atoms with van der Waals surface area (Å²) < 4.78 is 6.28. The highest BCUT2D eigenvalue weighted by Crippen LogP contribution is 2.37. The van der Waals surface area contributed by atoms with Crippen molar-refractivity contribution >= 4 is 19.7 Å². The minimum Gasteiger partial charge on any atom is -0.544 e. The van der Waals surface area contributed by atoms with Crippen LogP contribution in [0.2, 0.25) is 18.1 Å². The molecule has 0 aromatic heterocycles. The van der Waals surface area contributed by atoms with Gasteiger partial charge >= 0.3 is 0 Å². The first kappa shape index (κ1) is 17.1. The molecule has 23 heavy (non-hydrogen) atoms. The molecule has 1 N–H and O–H groups in total. The maximum Gasteiger partial charge on any atom is 0.250 e. The van der Waals surface area contributed by atoms with Crippen molar-refractivity contribution in [2.45, 2.75) is 38.9 Å². The number of nitrogens with one attached hydrogen (secondary N) is 1. The Balaban J connectivity index is 2.13. The fraction of sp³-hybridized carbons (Fsp3) is 0.316. The molecule has 0 radical (unpaired) electrons. The van der Waals surface area contributed by atoms with Gasteiger partial charge < -0.3 is 9.74 Å². The van der Waals surface area contributed by atoms with Crippen LogP contribution >= 0.6 is 0 Å². The van der Waals surface area contributed by atoms with Gasteiger partial charge in [-0.05, 0) is 54.5 Å². The molecule has 3 nitrogen and oxygen atoms in total. The van der Waals surface area contributed by atoms with E-state index in [1.165, 1.54) is 0 Å². The Hall–Kier alpha value is -2.25. The van der Waals surface area contributed by atoms with Crippen LogP contribution in [-0.2, 0) is 0 Å². The van der Waals surface area contributed by atoms with Crippen LogP contribution in [0.25, 0.3) is 0 Å². The summed E-state index contributed by atoms with van der Waals surface area (Å²) in [7, 11) is -1.82. The molecule has 0 aliphatic rings. The van der Waals surface area contributed by atoms with Crippen LogP contribution in [-0.4, -0.2) is 8.32 Å². The molecule has 0 saturated carbocycles. The van der Waals surface area contributed by atoms with Crippen molar-refractivity contribution in [3.8, 4) is 11.8 Å². The molecule has 0 saturated heterocycles. The van der Waals surface area contributed by atoms with Gasteiger partial charge in [0, 0.05) is 5.69 Å². The predicted molar refractivity (Wildman–Crippen MR) is 98.7 cm³/mol. The van der Waals surface area contributed by atoms with Gasteiger partial charge in [-0.1, -0.05) is 32.9 Å². The largest absolute Gasteiger partial charge is 0.544 e. The van der Waals surface area contributed by atoms with E-state index in [0.29, 0.717) is 5.56 Å². The van der Waals surface area contributed by atoms with Crippen molar-refractivity contribution in [2.75, 3.05) is 5.32 Å². The molecule has 0 spiro atoms. The van der Waals surface area contributed by atoms with Crippen LogP contribution in [0, 0.1) is 11.3 Å². The molecule has 0 heterocycles. The van der Waals surface area contributed by atoms with Crippen molar-refractivity contribution in [1.29, 1.82) is 5.26 Å². The Morgan fingerprint density at radius 1 is 1.00 bits per heavy atom. The van der Waals surface area contributed by atoms with Gasteiger partial charge in [0.05, 0.1) is 11.3 Å². The lowest BCUT2D eigenvalue weighted by molar-refractivity contribution is 0.492. The van der Waals surface area contributed by atoms with E-state index in [1.54, 1.807) is 6.07 Å². The van der Waals surface area contributed by atoms with Crippen LogP contribution in [0.4, 0.5) is 11.4 Å². The summed E-state index contributed by atoms with van der Waals surface area (Å²) in [5.74, 6) is 0.899. The fourth-order valence-electron chi connectivity index (χ4n) is 1.90. The Kier molecular flexibility index (Phi) is 4.81. The first-order valence-electron chi connectivity index (χ1n) is 7.78. The van der Waals surface area contributed by atoms with E-state index in [2.05, 4.69) is 45.3 Å². The second kappa shape index (κ2) is 6.47. The van der Waals surface area contributed by atoms with E-state index in [4.69, 9.17) is 9.69 Å². The normalized spacial score (nSPS) is 11.7. The van der Waals surface area contributed by atoms with Gasteiger partial charge in [0.15, 0.2) is 0 Å². The summed E-state index contributed by atoms with van der Waals surface area (Å²) in [4.78, 5) is 0. The number of rotatable bonds is 4. The van der Waals surface area contributed by atoms with E-state index < -0.39 is 8.32 Å². The van der Waals surface area contributed by atoms with Gasteiger partial charge in [-0.15, -0.1) is 0 Å². The van der Waals surface area contributed by atoms with Gasteiger partial charge in [-0.25, -0.2) is 0 Å². The summed E-state index contributed by atoms with van der Waals surface area (Å²) in [6.07, 6.45) is 0. The monoisotopic (exact) mass is 324 g/mol. The smallest absolute Gasteiger partial charge is 0.250 e. The summed E-state index contributed by atoms with van der Waals surface area (Å²) in [5, 5.41) is 12.6. The zero-order chi connectivity index (χ0) is 17.1. The molecule has 0 aliphatic carbocycles. The molecular formula is C19H24N2OSi. The van der Waals surface area contributed by atoms with Crippen molar-refractivity contribution < 1.29 is 4.43 Å². The molecule has 2 rings (SSSR count). The predicted octanol–water partition coefficient (Wildman–Crippen LogP) is 5.69. The lowest BCUT2D eigenvalue weighted by Gasteiger charge is -2.36. The van der Waals surface area contributed by atoms with Crippen molar-refractivity contribution in [3.63, 3.8) is 0 Å². The molecule has 2 aromatic carbocycles. The zero-order valence-corrected chi connectivity index (χ0v) is 15.5. The maximum atomic E-state index is 9.14. The number of anilines is 2. The van der Waals surface area contributed by atoms with E-state index in [1.807, 2.05) is 42.5 Å². The molecule has 0 bridgehead atoms. The van der Waals surface area contributed by atoms with Crippen molar-refractivity contribution in [1.82, 2.24) is 0 Å². The van der Waals surface area contributed by atoms with E-state index in [9.17, 15) is 0 Å². The second-order valence-electron chi connectivity index (χ2n) is 7.17. The molecule has 2 aromatic rings. The number of nitriles is 1. The quantitative estimate of drug-likeness (QED) is 0.735. The number of hydrogen-bond acceptors (Lipinski definition) is 3. The fourth-order valence-corrected chi connectivity index (χ4v) is 2.93. The molecule has 4 heteroatoms. The van der Waals surface area contributed by atoms with Crippen molar-refractivity contribution in [3.05, 3.63) is 54.1 Å². The SMILES string of the molecule is CC(C)(C)[Si](C)(C)Oc1ccc(Nc2ccccc2C#N)cc1. The number of hydrogen-bond donors (Lipinski definition) is 1. The average Bonchev–Trinajstić information content (AvgIpc) is 2.48. The molecular weight excluding hydrogens is 300 g/mol. The van der Waals surface area contributed by atoms with Gasteiger partial charge in [0.25, 0.3) is 0 Å². The topological polar surface area (TPSA) is 45.0 Å². The Labute approximate surface area is 140 Å². The summed E-state index contributed by atoms with van der Waals surface area (Å²) in [5.41, 5.74) is 2.39. The van der Waals surface area contributed by atoms with Crippen molar-refractivity contribution in [2.24, 2.45) is 0 Å². The molecule has 120 valence electrons. The van der Waals surface area contributed by atoms with E-state index in [-0.39, 0.29) is 5.04 Å². The van der Waals surface area contributed by atoms with Crippen LogP contribution in [0.5, 0.6) is 5.75 Å². The molecule has 0 amide bonds. The highest BCUT2D eigenvalue weighted by atomic mass is 28.4. The van der Waals surface area contributed by atoms with Crippen LogP contribution < -0.4 is 9.74 Å². The molecule has 0 unspecified atom stereocenters. The van der Waals surface area contributed by atoms with E-state index >= 15 is 0 Å². The lowest BCUT2D eigenvalue weighted by Crippen LogP contribution is -2.43. The molecule has 0 fully saturated rings. The first-order valence-corrected chi connectivity index (χ1v) is 10.7. The second-order valence-corrected chi connectivity index (χ2v) is 11.9. The Morgan fingerprint density at radius 2 is 1.61 bits per heavy atom. The highest BCUT2D eigenvalue weighted by Gasteiger charge is 2.38. The minimum absolute atomic E-state index is 0.176. The first-order chi connectivity index (χ1) is 10.7. The van der Waals surface area contributed by atoms with Gasteiger partial charge in [0.1, 0.15) is 11.8 Å². The zero-order valence-electron chi connectivity index (χ0n) is 14.5. The molecule has 0 aliphatic heterocycles. The van der Waals surface area contributed by atoms with Gasteiger partial charge in [0.2, 0.25) is 8.32 Å². The Morgan fingerprint density at radius 3 is 2.17 bits per heavy atom. The van der Waals surface area contributed by atoms with Crippen LogP contribution in [0.3, 0.4) is 0 Å². The summed E-state index contributed by atoms with van der Waals surface area (Å²) in [6, 6.07) is 17.6. The third-order valence-electron chi connectivity index (χ3n) is 4.36. The van der Waals surface area contributed by atoms with Crippen LogP contribution in [0.15, 0.2) is 48.5 Å². The Bertz CT molecular complexity index is 709. The van der Waals surface area contributed by atoms with Crippen LogP contribution in [0.1, 0.15) is 26.3 Å². The van der Waals surface area contributed by atoms with E-state index in [0.717, 1.165) is 17.1 Å². The van der Waals surface area contributed by atoms with Gasteiger partial charge in [-0.3, -0.25) is 0 Å². The number of para-hydroxylation sites is 1. The summed E-state index contributed by atoms with van der Waals surface area (Å²) in [6.45, 7) is 11.2. The standard InChI is InChI=1S/C19H24N2OSi/c1-19(2,3)23(4,5)22-17-12-10-16(11-13-17)21-18-9-7-6-8-15(18)14-20/h6-13,21H,1-5H3. The average molecular weight is 325 g/mol. The minimum atomic E-state index is -1.82.